The summed E-state index contributed by atoms with van der Waals surface area (Å²) in [5.41, 5.74) is 0. The normalized spacial score (nSPS) is 1.50. The second-order valence-electron chi connectivity index (χ2n) is 0. The molecule has 0 atom stereocenters. The smallest absolute Gasteiger partial charge is 1.00 e. The van der Waals surface area contributed by atoms with Gasteiger partial charge in [0.2, 0.25) is 0 Å². The van der Waals surface area contributed by atoms with Gasteiger partial charge in [-0.2, -0.15) is 0 Å². The third kappa shape index (κ3) is 10.2. The topological polar surface area (TPSA) is 0 Å². The van der Waals surface area contributed by atoms with Crippen molar-refractivity contribution < 1.29 is 12.4 Å². The van der Waals surface area contributed by atoms with Crippen LogP contribution in [0.2, 0.25) is 0 Å². The molecule has 0 spiro atoms. The maximum atomic E-state index is 4.39. The predicted molar refractivity (Wildman–Crippen MR) is 17.0 cm³/mol. The SMILES string of the molecule is [CH2-]Cl.[Cl-].[Mg+2]. The van der Waals surface area contributed by atoms with Gasteiger partial charge in [-0.15, -0.1) is 0 Å². The van der Waals surface area contributed by atoms with Gasteiger partial charge in [-0.3, -0.25) is 6.38 Å². The van der Waals surface area contributed by atoms with Crippen molar-refractivity contribution in [2.24, 2.45) is 0 Å². The molecule has 0 aromatic heterocycles. The van der Waals surface area contributed by atoms with E-state index >= 15 is 0 Å². The fourth-order valence-electron chi connectivity index (χ4n) is 0. The van der Waals surface area contributed by atoms with Gasteiger partial charge >= 0.3 is 23.1 Å². The Hall–Kier alpha value is 1.35. The minimum Gasteiger partial charge on any atom is -1.00 e. The molecular formula is CH2Cl2Mg. The van der Waals surface area contributed by atoms with Gasteiger partial charge in [-0.05, 0) is 0 Å². The van der Waals surface area contributed by atoms with Crippen molar-refractivity contribution in [1.82, 2.24) is 0 Å². The maximum Gasteiger partial charge on any atom is 2.00 e. The molecule has 0 aromatic carbocycles. The van der Waals surface area contributed by atoms with Crippen molar-refractivity contribution in [3.63, 3.8) is 0 Å². The second kappa shape index (κ2) is 26.9. The first kappa shape index (κ1) is 18.3. The Bertz CT molecular complexity index is 6.00. The van der Waals surface area contributed by atoms with Crippen LogP contribution in [0.3, 0.4) is 0 Å². The first-order valence-electron chi connectivity index (χ1n) is 0.267. The van der Waals surface area contributed by atoms with Crippen LogP contribution >= 0.6 is 11.6 Å². The average Bonchev–Trinajstić information content (AvgIpc) is 1.00. The molecule has 0 aliphatic carbocycles. The van der Waals surface area contributed by atoms with Gasteiger partial charge in [0.05, 0.1) is 0 Å². The molecule has 0 amide bonds. The first-order chi connectivity index (χ1) is 1.00. The number of hydrogen-bond acceptors (Lipinski definition) is 0. The Morgan fingerprint density at radius 3 is 1.25 bits per heavy atom. The third-order valence-corrected chi connectivity index (χ3v) is 0. The molecule has 0 rings (SSSR count). The van der Waals surface area contributed by atoms with Crippen molar-refractivity contribution in [3.8, 4) is 0 Å². The monoisotopic (exact) mass is 108 g/mol. The Balaban J connectivity index is -0.00000000500. The van der Waals surface area contributed by atoms with Crippen LogP contribution in [0.15, 0.2) is 0 Å². The van der Waals surface area contributed by atoms with E-state index in [1.807, 2.05) is 0 Å². The van der Waals surface area contributed by atoms with Gasteiger partial charge in [0.25, 0.3) is 0 Å². The maximum absolute atomic E-state index is 4.39. The van der Waals surface area contributed by atoms with E-state index < -0.39 is 0 Å². The van der Waals surface area contributed by atoms with Crippen LogP contribution in [0, 0.1) is 6.38 Å². The fraction of sp³-hybridized carbons (Fsp3) is 0. The quantitative estimate of drug-likeness (QED) is 0.241. The minimum absolute atomic E-state index is 0. The Labute approximate surface area is 53.5 Å². The summed E-state index contributed by atoms with van der Waals surface area (Å²) in [6, 6.07) is 0. The Morgan fingerprint density at radius 1 is 1.25 bits per heavy atom. The zero-order chi connectivity index (χ0) is 2.00. The standard InChI is InChI=1S/CH2Cl.ClH.Mg/c1-2;;/h1H2;1H;/q-1;;+2/p-1. The van der Waals surface area contributed by atoms with Crippen LogP contribution in [0.1, 0.15) is 0 Å². The molecule has 3 heteroatoms. The predicted octanol–water partition coefficient (Wildman–Crippen LogP) is -2.36. The molecule has 0 saturated carbocycles. The van der Waals surface area contributed by atoms with Gasteiger partial charge in [0.15, 0.2) is 0 Å². The number of hydrogen-bond donors (Lipinski definition) is 0. The summed E-state index contributed by atoms with van der Waals surface area (Å²) in [5.74, 6) is 0. The molecule has 0 heterocycles. The Morgan fingerprint density at radius 2 is 1.25 bits per heavy atom. The van der Waals surface area contributed by atoms with Crippen LogP contribution in [0.5, 0.6) is 0 Å². The van der Waals surface area contributed by atoms with Gasteiger partial charge in [-0.1, -0.05) is 0 Å². The summed E-state index contributed by atoms with van der Waals surface area (Å²) in [6.07, 6.45) is 2.72. The summed E-state index contributed by atoms with van der Waals surface area (Å²) in [7, 11) is 0. The van der Waals surface area contributed by atoms with E-state index in [1.165, 1.54) is 0 Å². The molecule has 0 unspecified atom stereocenters. The summed E-state index contributed by atoms with van der Waals surface area (Å²) in [6.45, 7) is 0. The van der Waals surface area contributed by atoms with Crippen molar-refractivity contribution in [2.45, 2.75) is 0 Å². The van der Waals surface area contributed by atoms with E-state index in [-0.39, 0.29) is 35.5 Å². The molecule has 22 valence electrons. The molecule has 0 saturated heterocycles. The van der Waals surface area contributed by atoms with Crippen LogP contribution in [0.4, 0.5) is 0 Å². The second-order valence-corrected chi connectivity index (χ2v) is 0. The van der Waals surface area contributed by atoms with Crippen molar-refractivity contribution in [2.75, 3.05) is 0 Å². The minimum atomic E-state index is 0. The van der Waals surface area contributed by atoms with E-state index in [4.69, 9.17) is 0 Å². The van der Waals surface area contributed by atoms with Gasteiger partial charge in [-0.25, -0.2) is 0 Å². The summed E-state index contributed by atoms with van der Waals surface area (Å²) >= 11 is 4.39. The third-order valence-electron chi connectivity index (χ3n) is 0. The zero-order valence-electron chi connectivity index (χ0n) is 2.17. The largest absolute Gasteiger partial charge is 2.00 e. The van der Waals surface area contributed by atoms with E-state index in [9.17, 15) is 0 Å². The zero-order valence-corrected chi connectivity index (χ0v) is 5.10. The average molecular weight is 109 g/mol. The molecule has 0 aliphatic heterocycles. The van der Waals surface area contributed by atoms with E-state index in [1.54, 1.807) is 0 Å². The molecule has 0 bridgehead atoms. The Kier molecular flexibility index (Phi) is 123. The number of rotatable bonds is 0. The van der Waals surface area contributed by atoms with Crippen LogP contribution in [0.25, 0.3) is 0 Å². The van der Waals surface area contributed by atoms with Crippen LogP contribution in [-0.2, 0) is 0 Å². The molecule has 0 aromatic rings. The van der Waals surface area contributed by atoms with Crippen molar-refractivity contribution >= 4 is 34.7 Å². The summed E-state index contributed by atoms with van der Waals surface area (Å²) in [4.78, 5) is 0. The summed E-state index contributed by atoms with van der Waals surface area (Å²) < 4.78 is 0. The molecule has 0 nitrogen and oxygen atoms in total. The molecule has 0 fully saturated rings. The van der Waals surface area contributed by atoms with Gasteiger partial charge in [0.1, 0.15) is 0 Å². The first-order valence-corrected chi connectivity index (χ1v) is 0.802. The van der Waals surface area contributed by atoms with Crippen molar-refractivity contribution in [1.29, 1.82) is 0 Å². The summed E-state index contributed by atoms with van der Waals surface area (Å²) in [5, 5.41) is 0. The van der Waals surface area contributed by atoms with Crippen molar-refractivity contribution in [3.05, 3.63) is 6.38 Å². The molecule has 4 heavy (non-hydrogen) atoms. The van der Waals surface area contributed by atoms with E-state index in [0.717, 1.165) is 0 Å². The van der Waals surface area contributed by atoms with Gasteiger partial charge < -0.3 is 24.0 Å². The fourth-order valence-corrected chi connectivity index (χ4v) is 0. The van der Waals surface area contributed by atoms with Crippen LogP contribution < -0.4 is 12.4 Å². The molecule has 0 N–H and O–H groups in total. The van der Waals surface area contributed by atoms with Gasteiger partial charge in [0, 0.05) is 0 Å². The van der Waals surface area contributed by atoms with Crippen LogP contribution in [-0.4, -0.2) is 23.1 Å². The molecule has 0 radical (unpaired) electrons. The number of halogens is 2. The molecule has 0 aliphatic rings. The molecular weight excluding hydrogens is 107 g/mol. The van der Waals surface area contributed by atoms with E-state index in [2.05, 4.69) is 18.0 Å². The van der Waals surface area contributed by atoms with E-state index in [0.29, 0.717) is 0 Å².